The number of hydrogen-bond acceptors (Lipinski definition) is 3. The summed E-state index contributed by atoms with van der Waals surface area (Å²) in [7, 11) is 0. The molecular formula is C19H26N4O. The standard InChI is InChI=1S/C19H26N4O/c20-10-8-16-4-6-18(7-5-16)21-19(24)23-13-9-17(15-23)14-22-11-2-1-3-12-22/h4-7,17H,1-3,8-9,11-15H2,(H,21,24)/t17-/m0/s1. The molecule has 0 saturated carbocycles. The van der Waals surface area contributed by atoms with Crippen LogP contribution < -0.4 is 5.32 Å². The molecule has 1 aromatic carbocycles. The number of amides is 2. The average Bonchev–Trinajstić information content (AvgIpc) is 3.06. The fraction of sp³-hybridized carbons (Fsp3) is 0.579. The highest BCUT2D eigenvalue weighted by Gasteiger charge is 2.28. The molecule has 2 aliphatic rings. The van der Waals surface area contributed by atoms with Crippen LogP contribution in [0, 0.1) is 17.2 Å². The number of hydrogen-bond donors (Lipinski definition) is 1. The van der Waals surface area contributed by atoms with Gasteiger partial charge in [0, 0.05) is 25.3 Å². The van der Waals surface area contributed by atoms with Crippen molar-refractivity contribution < 1.29 is 4.79 Å². The van der Waals surface area contributed by atoms with Crippen molar-refractivity contribution in [2.24, 2.45) is 5.92 Å². The summed E-state index contributed by atoms with van der Waals surface area (Å²) in [6.07, 6.45) is 5.50. The summed E-state index contributed by atoms with van der Waals surface area (Å²) in [6, 6.07) is 9.63. The van der Waals surface area contributed by atoms with Crippen LogP contribution in [0.15, 0.2) is 24.3 Å². The van der Waals surface area contributed by atoms with Gasteiger partial charge in [-0.3, -0.25) is 0 Å². The predicted molar refractivity (Wildman–Crippen MR) is 94.7 cm³/mol. The van der Waals surface area contributed by atoms with Crippen molar-refractivity contribution >= 4 is 11.7 Å². The molecular weight excluding hydrogens is 300 g/mol. The Morgan fingerprint density at radius 3 is 2.62 bits per heavy atom. The van der Waals surface area contributed by atoms with E-state index in [2.05, 4.69) is 16.3 Å². The van der Waals surface area contributed by atoms with E-state index in [1.807, 2.05) is 29.2 Å². The first-order valence-electron chi connectivity index (χ1n) is 8.99. The summed E-state index contributed by atoms with van der Waals surface area (Å²) in [4.78, 5) is 16.9. The highest BCUT2D eigenvalue weighted by atomic mass is 16.2. The molecule has 1 atom stereocenters. The van der Waals surface area contributed by atoms with Gasteiger partial charge in [0.1, 0.15) is 0 Å². The molecule has 3 rings (SSSR count). The second-order valence-electron chi connectivity index (χ2n) is 6.92. The van der Waals surface area contributed by atoms with Crippen LogP contribution in [0.5, 0.6) is 0 Å². The predicted octanol–water partition coefficient (Wildman–Crippen LogP) is 3.09. The lowest BCUT2D eigenvalue weighted by molar-refractivity contribution is 0.192. The maximum atomic E-state index is 12.4. The summed E-state index contributed by atoms with van der Waals surface area (Å²) < 4.78 is 0. The number of carbonyl (C=O) groups is 1. The molecule has 2 heterocycles. The number of carbonyl (C=O) groups excluding carboxylic acids is 1. The second kappa shape index (κ2) is 8.16. The Morgan fingerprint density at radius 1 is 1.17 bits per heavy atom. The summed E-state index contributed by atoms with van der Waals surface area (Å²) in [5.41, 5.74) is 1.76. The molecule has 5 nitrogen and oxygen atoms in total. The molecule has 0 unspecified atom stereocenters. The normalized spacial score (nSPS) is 21.5. The largest absolute Gasteiger partial charge is 0.324 e. The zero-order valence-corrected chi connectivity index (χ0v) is 14.2. The van der Waals surface area contributed by atoms with Crippen LogP contribution in [-0.2, 0) is 6.42 Å². The van der Waals surface area contributed by atoms with E-state index in [1.54, 1.807) is 0 Å². The van der Waals surface area contributed by atoms with Gasteiger partial charge >= 0.3 is 6.03 Å². The smallest absolute Gasteiger partial charge is 0.321 e. The van der Waals surface area contributed by atoms with Crippen molar-refractivity contribution in [2.45, 2.75) is 32.1 Å². The van der Waals surface area contributed by atoms with E-state index in [0.29, 0.717) is 12.3 Å². The molecule has 5 heteroatoms. The minimum Gasteiger partial charge on any atom is -0.324 e. The molecule has 0 bridgehead atoms. The number of anilines is 1. The van der Waals surface area contributed by atoms with Crippen molar-refractivity contribution in [3.8, 4) is 6.07 Å². The van der Waals surface area contributed by atoms with Gasteiger partial charge in [-0.15, -0.1) is 0 Å². The van der Waals surface area contributed by atoms with Crippen LogP contribution in [0.1, 0.15) is 31.2 Å². The van der Waals surface area contributed by atoms with Gasteiger partial charge in [-0.05, 0) is 56.0 Å². The van der Waals surface area contributed by atoms with Gasteiger partial charge in [-0.25, -0.2) is 4.79 Å². The molecule has 1 N–H and O–H groups in total. The Bertz CT molecular complexity index is 586. The molecule has 2 aliphatic heterocycles. The number of nitriles is 1. The SMILES string of the molecule is N#CCc1ccc(NC(=O)N2CC[C@@H](CN3CCCCC3)C2)cc1. The zero-order chi connectivity index (χ0) is 16.8. The third kappa shape index (κ3) is 4.48. The molecule has 0 spiro atoms. The summed E-state index contributed by atoms with van der Waals surface area (Å²) in [5, 5.41) is 11.7. The van der Waals surface area contributed by atoms with Gasteiger partial charge in [0.15, 0.2) is 0 Å². The molecule has 0 aromatic heterocycles. The van der Waals surface area contributed by atoms with E-state index in [4.69, 9.17) is 5.26 Å². The summed E-state index contributed by atoms with van der Waals surface area (Å²) >= 11 is 0. The number of likely N-dealkylation sites (tertiary alicyclic amines) is 2. The maximum Gasteiger partial charge on any atom is 0.321 e. The number of benzene rings is 1. The molecule has 0 aliphatic carbocycles. The summed E-state index contributed by atoms with van der Waals surface area (Å²) in [5.74, 6) is 0.604. The highest BCUT2D eigenvalue weighted by Crippen LogP contribution is 2.21. The van der Waals surface area contributed by atoms with Gasteiger partial charge in [0.2, 0.25) is 0 Å². The lowest BCUT2D eigenvalue weighted by atomic mass is 10.1. The van der Waals surface area contributed by atoms with Gasteiger partial charge in [0.05, 0.1) is 12.5 Å². The van der Waals surface area contributed by atoms with Gasteiger partial charge in [-0.2, -0.15) is 5.26 Å². The molecule has 1 aromatic rings. The van der Waals surface area contributed by atoms with Crippen LogP contribution in [0.25, 0.3) is 0 Å². The van der Waals surface area contributed by atoms with Crippen LogP contribution in [0.3, 0.4) is 0 Å². The maximum absolute atomic E-state index is 12.4. The third-order valence-corrected chi connectivity index (χ3v) is 5.03. The van der Waals surface area contributed by atoms with Crippen LogP contribution >= 0.6 is 0 Å². The molecule has 2 fully saturated rings. The highest BCUT2D eigenvalue weighted by molar-refractivity contribution is 5.89. The molecule has 24 heavy (non-hydrogen) atoms. The van der Waals surface area contributed by atoms with E-state index in [9.17, 15) is 4.79 Å². The fourth-order valence-corrected chi connectivity index (χ4v) is 3.67. The Morgan fingerprint density at radius 2 is 1.92 bits per heavy atom. The van der Waals surface area contributed by atoms with E-state index >= 15 is 0 Å². The Hall–Kier alpha value is -2.06. The lowest BCUT2D eigenvalue weighted by Gasteiger charge is -2.29. The molecule has 0 radical (unpaired) electrons. The fourth-order valence-electron chi connectivity index (χ4n) is 3.67. The van der Waals surface area contributed by atoms with Crippen molar-refractivity contribution in [1.82, 2.24) is 9.80 Å². The molecule has 2 saturated heterocycles. The first-order chi connectivity index (χ1) is 11.7. The zero-order valence-electron chi connectivity index (χ0n) is 14.2. The Labute approximate surface area is 144 Å². The number of nitrogens with one attached hydrogen (secondary N) is 1. The first kappa shape index (κ1) is 16.8. The Kier molecular flexibility index (Phi) is 5.71. The minimum atomic E-state index is -0.0100. The number of piperidine rings is 1. The van der Waals surface area contributed by atoms with Crippen molar-refractivity contribution in [2.75, 3.05) is 38.0 Å². The van der Waals surface area contributed by atoms with E-state index < -0.39 is 0 Å². The van der Waals surface area contributed by atoms with Crippen LogP contribution in [0.2, 0.25) is 0 Å². The minimum absolute atomic E-state index is 0.0100. The topological polar surface area (TPSA) is 59.4 Å². The van der Waals surface area contributed by atoms with E-state index in [0.717, 1.165) is 37.3 Å². The van der Waals surface area contributed by atoms with Crippen molar-refractivity contribution in [3.63, 3.8) is 0 Å². The lowest BCUT2D eigenvalue weighted by Crippen LogP contribution is -2.37. The van der Waals surface area contributed by atoms with Gasteiger partial charge < -0.3 is 15.1 Å². The van der Waals surface area contributed by atoms with Crippen LogP contribution in [0.4, 0.5) is 10.5 Å². The molecule has 2 amide bonds. The Balaban J connectivity index is 1.46. The summed E-state index contributed by atoms with van der Waals surface area (Å²) in [6.45, 7) is 5.27. The second-order valence-corrected chi connectivity index (χ2v) is 6.92. The van der Waals surface area contributed by atoms with E-state index in [1.165, 1.54) is 32.4 Å². The third-order valence-electron chi connectivity index (χ3n) is 5.03. The quantitative estimate of drug-likeness (QED) is 0.925. The van der Waals surface area contributed by atoms with Gasteiger partial charge in [-0.1, -0.05) is 18.6 Å². The van der Waals surface area contributed by atoms with Crippen LogP contribution in [-0.4, -0.2) is 48.6 Å². The molecule has 128 valence electrons. The van der Waals surface area contributed by atoms with Gasteiger partial charge in [0.25, 0.3) is 0 Å². The number of nitrogens with zero attached hydrogens (tertiary/aromatic N) is 3. The monoisotopic (exact) mass is 326 g/mol. The number of rotatable bonds is 4. The average molecular weight is 326 g/mol. The van der Waals surface area contributed by atoms with Crippen molar-refractivity contribution in [1.29, 1.82) is 5.26 Å². The number of urea groups is 1. The van der Waals surface area contributed by atoms with Crippen molar-refractivity contribution in [3.05, 3.63) is 29.8 Å². The first-order valence-corrected chi connectivity index (χ1v) is 8.99. The van der Waals surface area contributed by atoms with E-state index in [-0.39, 0.29) is 6.03 Å².